The summed E-state index contributed by atoms with van der Waals surface area (Å²) < 4.78 is 0. The summed E-state index contributed by atoms with van der Waals surface area (Å²) in [7, 11) is -0.0293. The van der Waals surface area contributed by atoms with Crippen molar-refractivity contribution in [3.63, 3.8) is 0 Å². The van der Waals surface area contributed by atoms with Crippen molar-refractivity contribution in [3.05, 3.63) is 182 Å². The Morgan fingerprint density at radius 1 is 0.431 bits per heavy atom. The molecule has 6 aromatic rings. The van der Waals surface area contributed by atoms with E-state index < -0.39 is 36.4 Å². The first-order valence-corrected chi connectivity index (χ1v) is 18.3. The fraction of sp³-hybridized carbons (Fsp3) is 0.0714. The normalized spacial score (nSPS) is 11.6. The average molecular weight is 717 g/mol. The van der Waals surface area contributed by atoms with Crippen LogP contribution in [-0.2, 0) is 36.2 Å². The molecule has 0 saturated carbocycles. The van der Waals surface area contributed by atoms with Gasteiger partial charge >= 0.3 is 5.97 Å². The lowest BCUT2D eigenvalue weighted by Gasteiger charge is -2.27. The van der Waals surface area contributed by atoms with E-state index in [1.807, 2.05) is 0 Å². The van der Waals surface area contributed by atoms with Gasteiger partial charge in [-0.1, -0.05) is 109 Å². The van der Waals surface area contributed by atoms with Crippen molar-refractivity contribution in [2.24, 2.45) is 0 Å². The molecular weight excluding hydrogens is 681 g/mol. The van der Waals surface area contributed by atoms with Crippen molar-refractivity contribution in [2.45, 2.75) is 47.8 Å². The second-order valence-corrected chi connectivity index (χ2v) is 15.0. The lowest BCUT2D eigenvalue weighted by molar-refractivity contribution is -0.333. The molecule has 0 heterocycles. The number of carbonyl (C=O) groups is 3. The number of hydrogen-bond donors (Lipinski definition) is 2. The molecule has 0 saturated heterocycles. The highest BCUT2D eigenvalue weighted by molar-refractivity contribution is 7.97. The molecule has 0 aliphatic carbocycles. The molecule has 0 spiro atoms. The van der Waals surface area contributed by atoms with Gasteiger partial charge in [-0.05, 0) is 72.8 Å². The van der Waals surface area contributed by atoms with Gasteiger partial charge in [0.05, 0.1) is 34.2 Å². The van der Waals surface area contributed by atoms with Crippen molar-refractivity contribution >= 4 is 39.7 Å². The van der Waals surface area contributed by atoms with E-state index in [4.69, 9.17) is 10.2 Å². The molecule has 0 fully saturated rings. The van der Waals surface area contributed by atoms with Crippen LogP contribution in [0.4, 0.5) is 0 Å². The van der Waals surface area contributed by atoms with Crippen LogP contribution in [0.1, 0.15) is 12.8 Å². The third kappa shape index (κ3) is 11.8. The fourth-order valence-corrected chi connectivity index (χ4v) is 9.06. The van der Waals surface area contributed by atoms with Crippen molar-refractivity contribution in [2.75, 3.05) is 0 Å². The van der Waals surface area contributed by atoms with E-state index in [-0.39, 0.29) is 21.8 Å². The van der Waals surface area contributed by atoms with Gasteiger partial charge in [-0.25, -0.2) is 0 Å². The predicted octanol–water partition coefficient (Wildman–Crippen LogP) is 5.65. The molecule has 0 radical (unpaired) electrons. The van der Waals surface area contributed by atoms with E-state index in [2.05, 4.69) is 182 Å². The summed E-state index contributed by atoms with van der Waals surface area (Å²) in [6.45, 7) is 0. The molecule has 6 aromatic carbocycles. The molecule has 51 heavy (non-hydrogen) atoms. The molecule has 0 aliphatic rings. The minimum atomic E-state index is -2.91. The summed E-state index contributed by atoms with van der Waals surface area (Å²) in [5, 5.41) is 37.2. The topological polar surface area (TPSA) is 138 Å². The number of carboxylic acids is 3. The van der Waals surface area contributed by atoms with Crippen molar-refractivity contribution in [1.29, 1.82) is 0 Å². The first-order chi connectivity index (χ1) is 24.7. The quantitative estimate of drug-likeness (QED) is 0.166. The first kappa shape index (κ1) is 38.2. The van der Waals surface area contributed by atoms with Gasteiger partial charge in [0.1, 0.15) is 5.60 Å². The maximum Gasteiger partial charge on any atom is 0.306 e. The zero-order valence-electron chi connectivity index (χ0n) is 27.5. The molecule has 1 unspecified atom stereocenters. The molecule has 7 nitrogen and oxygen atoms in total. The van der Waals surface area contributed by atoms with Crippen molar-refractivity contribution < 1.29 is 34.8 Å². The third-order valence-corrected chi connectivity index (χ3v) is 11.6. The van der Waals surface area contributed by atoms with Gasteiger partial charge < -0.3 is 30.0 Å². The highest BCUT2D eigenvalue weighted by atomic mass is 32.2. The molecule has 2 N–H and O–H groups in total. The van der Waals surface area contributed by atoms with Crippen molar-refractivity contribution in [3.8, 4) is 0 Å². The molecule has 1 atom stereocenters. The minimum Gasteiger partial charge on any atom is -0.550 e. The lowest BCUT2D eigenvalue weighted by atomic mass is 9.96. The Hall–Kier alpha value is -5.61. The molecule has 258 valence electrons. The zero-order valence-corrected chi connectivity index (χ0v) is 29.1. The first-order valence-electron chi connectivity index (χ1n) is 15.8. The van der Waals surface area contributed by atoms with Gasteiger partial charge in [-0.15, -0.1) is 0 Å². The van der Waals surface area contributed by atoms with Crippen LogP contribution in [0.3, 0.4) is 0 Å². The van der Waals surface area contributed by atoms with Crippen LogP contribution in [0.15, 0.2) is 211 Å². The molecular formula is C42H36O7S2. The van der Waals surface area contributed by atoms with E-state index in [0.29, 0.717) is 0 Å². The van der Waals surface area contributed by atoms with Gasteiger partial charge in [0.15, 0.2) is 29.4 Å². The van der Waals surface area contributed by atoms with E-state index in [1.165, 1.54) is 29.4 Å². The molecule has 0 amide bonds. The summed E-state index contributed by atoms with van der Waals surface area (Å²) in [5.41, 5.74) is -2.91. The number of carboxylic acid groups (broad SMARTS) is 3. The summed E-state index contributed by atoms with van der Waals surface area (Å²) in [5.74, 6) is -5.67. The Morgan fingerprint density at radius 2 is 0.647 bits per heavy atom. The highest BCUT2D eigenvalue weighted by Crippen LogP contribution is 2.31. The van der Waals surface area contributed by atoms with Crippen LogP contribution < -0.4 is 10.2 Å². The molecule has 0 aliphatic heterocycles. The molecule has 0 aromatic heterocycles. The summed E-state index contributed by atoms with van der Waals surface area (Å²) in [4.78, 5) is 38.3. The number of aliphatic hydroxyl groups is 1. The Balaban J connectivity index is 0.000000176. The number of aliphatic carboxylic acids is 3. The van der Waals surface area contributed by atoms with E-state index in [1.54, 1.807) is 0 Å². The van der Waals surface area contributed by atoms with Crippen LogP contribution in [-0.4, -0.2) is 33.7 Å². The minimum absolute atomic E-state index is 0.0146. The van der Waals surface area contributed by atoms with Gasteiger partial charge in [0.2, 0.25) is 0 Å². The van der Waals surface area contributed by atoms with Gasteiger partial charge in [-0.3, -0.25) is 4.79 Å². The predicted molar refractivity (Wildman–Crippen MR) is 195 cm³/mol. The van der Waals surface area contributed by atoms with Gasteiger partial charge in [-0.2, -0.15) is 0 Å². The summed E-state index contributed by atoms with van der Waals surface area (Å²) in [6.07, 6.45) is -2.56. The Labute approximate surface area is 303 Å². The molecule has 6 rings (SSSR count). The fourth-order valence-electron chi connectivity index (χ4n) is 4.85. The van der Waals surface area contributed by atoms with Gasteiger partial charge in [0.25, 0.3) is 0 Å². The van der Waals surface area contributed by atoms with Crippen LogP contribution in [0.25, 0.3) is 0 Å². The van der Waals surface area contributed by atoms with Crippen molar-refractivity contribution in [1.82, 2.24) is 0 Å². The average Bonchev–Trinajstić information content (AvgIpc) is 3.14. The standard InChI is InChI=1S/2C18H15S.C6H8O7/c2*1-4-10-16(11-5-1)19(17-12-6-2-7-13-17)18-14-8-3-9-15-18;7-3(8)1-6(13,5(11)12)2-4(9)10/h2*1-15H;13H,1-2H2,(H,7,8)(H,9,10)(H,11,12)/q2*+1;/p-2. The molecule has 9 heteroatoms. The number of carbonyl (C=O) groups excluding carboxylic acids is 2. The summed E-state index contributed by atoms with van der Waals surface area (Å²) in [6, 6.07) is 64.3. The maximum atomic E-state index is 10.2. The van der Waals surface area contributed by atoms with Crippen LogP contribution in [0, 0.1) is 0 Å². The Bertz CT molecular complexity index is 1610. The Kier molecular flexibility index (Phi) is 14.6. The van der Waals surface area contributed by atoms with Crippen LogP contribution in [0.5, 0.6) is 0 Å². The zero-order chi connectivity index (χ0) is 36.5. The van der Waals surface area contributed by atoms with E-state index in [9.17, 15) is 24.6 Å². The largest absolute Gasteiger partial charge is 0.550 e. The number of hydrogen-bond acceptors (Lipinski definition) is 6. The van der Waals surface area contributed by atoms with Gasteiger partial charge in [0, 0.05) is 12.4 Å². The SMILES string of the molecule is O=C([O-])CC(O)(CC(=O)O)C(=O)[O-].c1ccc([S+](c2ccccc2)c2ccccc2)cc1.c1ccc([S+](c2ccccc2)c2ccccc2)cc1. The second kappa shape index (κ2) is 19.5. The van der Waals surface area contributed by atoms with Crippen LogP contribution >= 0.6 is 0 Å². The smallest absolute Gasteiger partial charge is 0.306 e. The second-order valence-electron chi connectivity index (χ2n) is 10.9. The summed E-state index contributed by atoms with van der Waals surface area (Å²) >= 11 is 0. The number of rotatable bonds is 11. The maximum absolute atomic E-state index is 10.2. The third-order valence-electron chi connectivity index (χ3n) is 7.13. The van der Waals surface area contributed by atoms with Crippen LogP contribution in [0.2, 0.25) is 0 Å². The highest BCUT2D eigenvalue weighted by Gasteiger charge is 2.32. The van der Waals surface area contributed by atoms with E-state index >= 15 is 0 Å². The lowest BCUT2D eigenvalue weighted by Crippen LogP contribution is -2.52. The number of benzene rings is 6. The monoisotopic (exact) mass is 716 g/mol. The Morgan fingerprint density at radius 3 is 0.804 bits per heavy atom. The molecule has 0 bridgehead atoms. The van der Waals surface area contributed by atoms with E-state index in [0.717, 1.165) is 0 Å².